The Morgan fingerprint density at radius 2 is 0.405 bits per heavy atom. The summed E-state index contributed by atoms with van der Waals surface area (Å²) in [4.78, 5) is 29.9. The van der Waals surface area contributed by atoms with E-state index in [1.165, 1.54) is 0 Å². The van der Waals surface area contributed by atoms with E-state index in [1.807, 2.05) is 152 Å². The molecule has 544 valence electrons. The van der Waals surface area contributed by atoms with E-state index in [0.717, 1.165) is 154 Å². The minimum atomic E-state index is 0.443. The molecule has 116 heavy (non-hydrogen) atoms. The monoisotopic (exact) mass is 1490 g/mol. The SMILES string of the molecule is c1ccc(-c2nc(-c3ccccc3)nc(-c3cccc(-n4c5ccccc5c5cc(-c6nnc(-c7ccc8c(c7)c7ccccc7n8-c7ccccc7)o6)ccc54)c3)n2)cc1.c1ccc(-c2nc(-c3ccccc3)nc(-n3c4ccccc4c4cc(-c5nnc(-c6ccc7c(c6)c6ccccc6n7-c6ccccc6)o5)ccc43)n2)cc1. The van der Waals surface area contributed by atoms with Crippen LogP contribution in [-0.4, -0.2) is 68.6 Å². The molecule has 0 aliphatic rings. The van der Waals surface area contributed by atoms with Crippen molar-refractivity contribution in [1.82, 2.24) is 68.6 Å². The lowest BCUT2D eigenvalue weighted by molar-refractivity contribution is 0.584. The molecule has 0 aliphatic heterocycles. The number of benzene rings is 15. The van der Waals surface area contributed by atoms with E-state index in [2.05, 4.69) is 263 Å². The van der Waals surface area contributed by atoms with E-state index < -0.39 is 0 Å². The van der Waals surface area contributed by atoms with Gasteiger partial charge in [-0.25, -0.2) is 19.9 Å². The average molecular weight is 1490 g/mol. The van der Waals surface area contributed by atoms with Crippen LogP contribution in [0.3, 0.4) is 0 Å². The van der Waals surface area contributed by atoms with Crippen molar-refractivity contribution in [2.45, 2.75) is 0 Å². The molecule has 0 unspecified atom stereocenters. The smallest absolute Gasteiger partial charge is 0.248 e. The van der Waals surface area contributed by atoms with Crippen LogP contribution < -0.4 is 0 Å². The van der Waals surface area contributed by atoms with Gasteiger partial charge in [0.25, 0.3) is 0 Å². The Kier molecular flexibility index (Phi) is 16.1. The van der Waals surface area contributed by atoms with Gasteiger partial charge < -0.3 is 22.5 Å². The van der Waals surface area contributed by atoms with Crippen molar-refractivity contribution < 1.29 is 8.83 Å². The molecule has 8 heterocycles. The fourth-order valence-electron chi connectivity index (χ4n) is 16.2. The zero-order valence-electron chi connectivity index (χ0n) is 61.9. The summed E-state index contributed by atoms with van der Waals surface area (Å²) in [7, 11) is 0. The van der Waals surface area contributed by atoms with E-state index in [-0.39, 0.29) is 0 Å². The van der Waals surface area contributed by atoms with Crippen LogP contribution in [0.15, 0.2) is 385 Å². The van der Waals surface area contributed by atoms with Crippen molar-refractivity contribution in [2.75, 3.05) is 0 Å². The highest BCUT2D eigenvalue weighted by atomic mass is 16.4. The fourth-order valence-corrected chi connectivity index (χ4v) is 16.2. The minimum absolute atomic E-state index is 0.443. The number of rotatable bonds is 13. The van der Waals surface area contributed by atoms with Crippen molar-refractivity contribution in [3.63, 3.8) is 0 Å². The molecule has 23 aromatic rings. The van der Waals surface area contributed by atoms with Gasteiger partial charge in [-0.05, 0) is 133 Å². The lowest BCUT2D eigenvalue weighted by Gasteiger charge is -2.11. The Morgan fingerprint density at radius 3 is 0.741 bits per heavy atom. The third-order valence-corrected chi connectivity index (χ3v) is 21.5. The molecule has 0 saturated heterocycles. The molecule has 15 aromatic carbocycles. The van der Waals surface area contributed by atoms with Gasteiger partial charge in [0.05, 0.1) is 44.1 Å². The summed E-state index contributed by atoms with van der Waals surface area (Å²) in [6.07, 6.45) is 0. The first-order valence-electron chi connectivity index (χ1n) is 38.3. The number of nitrogens with zero attached hydrogens (tertiary/aromatic N) is 14. The molecule has 0 atom stereocenters. The first kappa shape index (κ1) is 66.8. The van der Waals surface area contributed by atoms with Gasteiger partial charge in [0.15, 0.2) is 29.1 Å². The summed E-state index contributed by atoms with van der Waals surface area (Å²) >= 11 is 0. The van der Waals surface area contributed by atoms with E-state index >= 15 is 0 Å². The average Bonchev–Trinajstić information content (AvgIpc) is 1.67. The maximum atomic E-state index is 6.45. The van der Waals surface area contributed by atoms with Gasteiger partial charge in [-0.2, -0.15) is 9.97 Å². The summed E-state index contributed by atoms with van der Waals surface area (Å²) in [5, 5.41) is 27.0. The quantitative estimate of drug-likeness (QED) is 0.107. The maximum Gasteiger partial charge on any atom is 0.248 e. The Labute approximate surface area is 662 Å². The molecular weight excluding hydrogens is 1430 g/mol. The predicted molar refractivity (Wildman–Crippen MR) is 462 cm³/mol. The summed E-state index contributed by atoms with van der Waals surface area (Å²) in [5.74, 6) is 5.43. The number of hydrogen-bond donors (Lipinski definition) is 0. The molecule has 0 radical (unpaired) electrons. The van der Waals surface area contributed by atoms with Gasteiger partial charge >= 0.3 is 0 Å². The van der Waals surface area contributed by atoms with E-state index in [9.17, 15) is 0 Å². The van der Waals surface area contributed by atoms with Gasteiger partial charge in [0.2, 0.25) is 29.5 Å². The highest BCUT2D eigenvalue weighted by Crippen LogP contribution is 2.42. The van der Waals surface area contributed by atoms with Crippen molar-refractivity contribution in [1.29, 1.82) is 0 Å². The summed E-state index contributed by atoms with van der Waals surface area (Å²) in [5.41, 5.74) is 19.8. The molecule has 8 aromatic heterocycles. The lowest BCUT2D eigenvalue weighted by atomic mass is 10.1. The Balaban J connectivity index is 0.000000141. The van der Waals surface area contributed by atoms with Crippen LogP contribution >= 0.6 is 0 Å². The van der Waals surface area contributed by atoms with Gasteiger partial charge in [0.1, 0.15) is 0 Å². The molecular formula is C100H62N14O2. The normalized spacial score (nSPS) is 11.6. The topological polar surface area (TPSA) is 175 Å². The minimum Gasteiger partial charge on any atom is -0.416 e. The predicted octanol–water partition coefficient (Wildman–Crippen LogP) is 23.9. The summed E-state index contributed by atoms with van der Waals surface area (Å²) in [6.45, 7) is 0. The third kappa shape index (κ3) is 11.7. The highest BCUT2D eigenvalue weighted by molar-refractivity contribution is 6.14. The van der Waals surface area contributed by atoms with E-state index in [4.69, 9.17) is 38.7 Å². The summed E-state index contributed by atoms with van der Waals surface area (Å²) in [6, 6.07) is 128. The molecule has 0 N–H and O–H groups in total. The number of aromatic nitrogens is 14. The molecule has 0 spiro atoms. The first-order valence-corrected chi connectivity index (χ1v) is 38.3. The zero-order valence-corrected chi connectivity index (χ0v) is 61.9. The molecule has 23 rings (SSSR count). The van der Waals surface area contributed by atoms with Crippen molar-refractivity contribution in [3.8, 4) is 126 Å². The van der Waals surface area contributed by atoms with Crippen LogP contribution in [0.2, 0.25) is 0 Å². The van der Waals surface area contributed by atoms with Crippen molar-refractivity contribution >= 4 is 87.2 Å². The van der Waals surface area contributed by atoms with Crippen LogP contribution in [-0.2, 0) is 0 Å². The molecule has 0 aliphatic carbocycles. The van der Waals surface area contributed by atoms with Crippen LogP contribution in [0.5, 0.6) is 0 Å². The molecule has 16 heteroatoms. The number of para-hydroxylation sites is 6. The zero-order chi connectivity index (χ0) is 76.6. The van der Waals surface area contributed by atoms with Crippen LogP contribution in [0.25, 0.3) is 213 Å². The van der Waals surface area contributed by atoms with Crippen LogP contribution in [0.4, 0.5) is 0 Å². The number of hydrogen-bond acceptors (Lipinski definition) is 12. The Morgan fingerprint density at radius 1 is 0.164 bits per heavy atom. The largest absolute Gasteiger partial charge is 0.416 e. The first-order chi connectivity index (χ1) is 57.5. The third-order valence-electron chi connectivity index (χ3n) is 21.5. The molecule has 16 nitrogen and oxygen atoms in total. The van der Waals surface area contributed by atoms with Gasteiger partial charge in [-0.1, -0.05) is 243 Å². The highest BCUT2D eigenvalue weighted by Gasteiger charge is 2.24. The lowest BCUT2D eigenvalue weighted by Crippen LogP contribution is -2.06. The van der Waals surface area contributed by atoms with Gasteiger partial charge in [0, 0.05) is 110 Å². The molecule has 0 amide bonds. The second-order valence-electron chi connectivity index (χ2n) is 28.4. The second-order valence-corrected chi connectivity index (χ2v) is 28.4. The Bertz CT molecular complexity index is 7590. The van der Waals surface area contributed by atoms with E-state index in [1.54, 1.807) is 0 Å². The van der Waals surface area contributed by atoms with E-state index in [0.29, 0.717) is 58.6 Å². The van der Waals surface area contributed by atoms with Crippen molar-refractivity contribution in [3.05, 3.63) is 376 Å². The maximum absolute atomic E-state index is 6.45. The van der Waals surface area contributed by atoms with Crippen LogP contribution in [0.1, 0.15) is 0 Å². The van der Waals surface area contributed by atoms with Crippen molar-refractivity contribution in [2.24, 2.45) is 0 Å². The van der Waals surface area contributed by atoms with Gasteiger partial charge in [-0.15, -0.1) is 20.4 Å². The molecule has 0 saturated carbocycles. The second kappa shape index (κ2) is 28.0. The van der Waals surface area contributed by atoms with Crippen LogP contribution in [0, 0.1) is 0 Å². The summed E-state index contributed by atoms with van der Waals surface area (Å²) < 4.78 is 21.9. The Hall–Kier alpha value is -16.2. The standard InChI is InChI=1S/C53H33N7O.C47H29N7O/c1-4-15-34(16-5-1)49-54-50(35-17-6-2-7-18-35)56-51(55-49)36-19-14-22-40(31-36)60-46-26-13-11-24-42(46)44-33-38(28-30-48(44)60)53-58-57-52(61-53)37-27-29-47-43(32-37)41-23-10-12-25-45(41)59(47)39-20-8-3-9-21-39;1-4-14-30(15-5-1)43-48-44(31-16-6-2-7-17-31)50-47(49-43)54-40-23-13-11-21-36(40)38-29-33(25-27-42(38)54)46-52-51-45(55-46)32-24-26-41-37(28-32)35-20-10-12-22-39(35)53(41)34-18-8-3-9-19-34/h1-33H;1-29H. The number of fused-ring (bicyclic) bond motifs is 12. The fraction of sp³-hybridized carbons (Fsp3) is 0. The molecule has 0 bridgehead atoms. The molecule has 0 fully saturated rings. The van der Waals surface area contributed by atoms with Gasteiger partial charge in [-0.3, -0.25) is 4.57 Å².